The maximum absolute atomic E-state index is 12.8. The largest absolute Gasteiger partial charge is 0.283 e. The van der Waals surface area contributed by atoms with Gasteiger partial charge in [-0.15, -0.1) is 0 Å². The lowest BCUT2D eigenvalue weighted by atomic mass is 10.1. The van der Waals surface area contributed by atoms with Gasteiger partial charge in [0.25, 0.3) is 11.5 Å². The standard InChI is InChI=1S/C21H26N6O4S/c1-21(2,3)27-18-17(13-23-27)20(29)26(14-22-18)24-19(28)15-7-9-16(10-8-15)32(30,31)25-11-5-4-6-12-25/h7-10,13-14H,4-6,11-12H2,1-3H3,(H,24,28). The van der Waals surface area contributed by atoms with Crippen LogP contribution in [0.4, 0.5) is 0 Å². The first-order valence-electron chi connectivity index (χ1n) is 10.5. The third kappa shape index (κ3) is 4.05. The van der Waals surface area contributed by atoms with E-state index in [0.29, 0.717) is 18.7 Å². The van der Waals surface area contributed by atoms with E-state index in [1.807, 2.05) is 20.8 Å². The van der Waals surface area contributed by atoms with E-state index in [2.05, 4.69) is 15.5 Å². The maximum atomic E-state index is 12.8. The smallest absolute Gasteiger partial charge is 0.267 e. The molecule has 1 aromatic carbocycles. The molecule has 0 spiro atoms. The summed E-state index contributed by atoms with van der Waals surface area (Å²) in [4.78, 5) is 29.8. The summed E-state index contributed by atoms with van der Waals surface area (Å²) in [5.41, 5.74) is 2.34. The number of fused-ring (bicyclic) bond motifs is 1. The van der Waals surface area contributed by atoms with Crippen molar-refractivity contribution in [3.8, 4) is 0 Å². The molecular formula is C21H26N6O4S. The monoisotopic (exact) mass is 458 g/mol. The second kappa shape index (κ2) is 8.14. The fourth-order valence-corrected chi connectivity index (χ4v) is 5.21. The van der Waals surface area contributed by atoms with Crippen molar-refractivity contribution in [3.05, 3.63) is 52.7 Å². The molecule has 0 aliphatic carbocycles. The SMILES string of the molecule is CC(C)(C)n1ncc2c(=O)n(NC(=O)c3ccc(S(=O)(=O)N4CCCCC4)cc3)cnc21. The lowest BCUT2D eigenvalue weighted by Crippen LogP contribution is -2.35. The predicted molar refractivity (Wildman–Crippen MR) is 120 cm³/mol. The summed E-state index contributed by atoms with van der Waals surface area (Å²) in [7, 11) is -3.58. The number of carbonyl (C=O) groups excluding carboxylic acids is 1. The average molecular weight is 459 g/mol. The molecular weight excluding hydrogens is 432 g/mol. The van der Waals surface area contributed by atoms with Crippen LogP contribution in [0, 0.1) is 0 Å². The first kappa shape index (κ1) is 22.2. The minimum absolute atomic E-state index is 0.144. The molecule has 3 aromatic rings. The summed E-state index contributed by atoms with van der Waals surface area (Å²) in [6.45, 7) is 6.86. The van der Waals surface area contributed by atoms with Crippen LogP contribution in [0.15, 0.2) is 46.5 Å². The van der Waals surface area contributed by atoms with Crippen LogP contribution in [0.1, 0.15) is 50.4 Å². The minimum atomic E-state index is -3.58. The number of nitrogens with zero attached hydrogens (tertiary/aromatic N) is 5. The van der Waals surface area contributed by atoms with Crippen molar-refractivity contribution in [1.29, 1.82) is 0 Å². The van der Waals surface area contributed by atoms with E-state index < -0.39 is 21.5 Å². The van der Waals surface area contributed by atoms with Crippen LogP contribution >= 0.6 is 0 Å². The van der Waals surface area contributed by atoms with Crippen molar-refractivity contribution in [2.24, 2.45) is 0 Å². The maximum Gasteiger partial charge on any atom is 0.283 e. The Kier molecular flexibility index (Phi) is 5.63. The molecule has 170 valence electrons. The lowest BCUT2D eigenvalue weighted by Gasteiger charge is -2.25. The second-order valence-electron chi connectivity index (χ2n) is 8.81. The Labute approximate surface area is 185 Å². The molecule has 0 atom stereocenters. The van der Waals surface area contributed by atoms with Gasteiger partial charge in [-0.2, -0.15) is 9.40 Å². The van der Waals surface area contributed by atoms with Gasteiger partial charge in [0, 0.05) is 18.7 Å². The normalized spacial score (nSPS) is 15.7. The van der Waals surface area contributed by atoms with Gasteiger partial charge in [-0.05, 0) is 57.9 Å². The summed E-state index contributed by atoms with van der Waals surface area (Å²) in [5, 5.41) is 4.53. The fourth-order valence-electron chi connectivity index (χ4n) is 3.69. The fraction of sp³-hybridized carbons (Fsp3) is 0.429. The highest BCUT2D eigenvalue weighted by atomic mass is 32.2. The number of piperidine rings is 1. The van der Waals surface area contributed by atoms with E-state index in [1.165, 1.54) is 41.1 Å². The lowest BCUT2D eigenvalue weighted by molar-refractivity contribution is 0.101. The molecule has 0 saturated carbocycles. The molecule has 3 heterocycles. The molecule has 0 unspecified atom stereocenters. The minimum Gasteiger partial charge on any atom is -0.267 e. The van der Waals surface area contributed by atoms with Gasteiger partial charge >= 0.3 is 0 Å². The first-order chi connectivity index (χ1) is 15.1. The third-order valence-corrected chi connectivity index (χ3v) is 7.33. The highest BCUT2D eigenvalue weighted by Gasteiger charge is 2.26. The Morgan fingerprint density at radius 3 is 2.34 bits per heavy atom. The zero-order valence-electron chi connectivity index (χ0n) is 18.3. The highest BCUT2D eigenvalue weighted by molar-refractivity contribution is 7.89. The van der Waals surface area contributed by atoms with Crippen LogP contribution in [-0.2, 0) is 15.6 Å². The molecule has 1 amide bonds. The van der Waals surface area contributed by atoms with Crippen LogP contribution in [0.2, 0.25) is 0 Å². The van der Waals surface area contributed by atoms with E-state index in [-0.39, 0.29) is 21.4 Å². The van der Waals surface area contributed by atoms with Crippen LogP contribution < -0.4 is 11.0 Å². The number of amides is 1. The number of hydrogen-bond donors (Lipinski definition) is 1. The quantitative estimate of drug-likeness (QED) is 0.638. The molecule has 1 aliphatic heterocycles. The Morgan fingerprint density at radius 1 is 1.06 bits per heavy atom. The second-order valence-corrected chi connectivity index (χ2v) is 10.8. The number of sulfonamides is 1. The van der Waals surface area contributed by atoms with Gasteiger partial charge in [-0.25, -0.2) is 22.8 Å². The van der Waals surface area contributed by atoms with Crippen molar-refractivity contribution in [2.75, 3.05) is 18.5 Å². The topological polar surface area (TPSA) is 119 Å². The van der Waals surface area contributed by atoms with Crippen molar-refractivity contribution in [3.63, 3.8) is 0 Å². The van der Waals surface area contributed by atoms with E-state index in [9.17, 15) is 18.0 Å². The number of aromatic nitrogens is 4. The molecule has 0 bridgehead atoms. The van der Waals surface area contributed by atoms with Crippen molar-refractivity contribution in [1.82, 2.24) is 23.7 Å². The Morgan fingerprint density at radius 2 is 1.72 bits per heavy atom. The summed E-state index contributed by atoms with van der Waals surface area (Å²) in [5.74, 6) is -0.557. The Bertz CT molecular complexity index is 1310. The summed E-state index contributed by atoms with van der Waals surface area (Å²) < 4.78 is 29.7. The van der Waals surface area contributed by atoms with Gasteiger partial charge in [0.1, 0.15) is 11.7 Å². The third-order valence-electron chi connectivity index (χ3n) is 5.42. The van der Waals surface area contributed by atoms with Gasteiger partial charge in [-0.1, -0.05) is 6.42 Å². The van der Waals surface area contributed by atoms with Gasteiger partial charge in [0.15, 0.2) is 5.65 Å². The van der Waals surface area contributed by atoms with Gasteiger partial charge in [0.2, 0.25) is 10.0 Å². The van der Waals surface area contributed by atoms with Crippen LogP contribution in [0.3, 0.4) is 0 Å². The van der Waals surface area contributed by atoms with Gasteiger partial charge in [0.05, 0.1) is 16.6 Å². The number of rotatable bonds is 4. The van der Waals surface area contributed by atoms with Gasteiger partial charge < -0.3 is 0 Å². The Balaban J connectivity index is 1.55. The van der Waals surface area contributed by atoms with E-state index >= 15 is 0 Å². The van der Waals surface area contributed by atoms with Crippen LogP contribution in [-0.4, -0.2) is 51.2 Å². The molecule has 0 radical (unpaired) electrons. The van der Waals surface area contributed by atoms with E-state index in [1.54, 1.807) is 4.68 Å². The van der Waals surface area contributed by atoms with Gasteiger partial charge in [-0.3, -0.25) is 15.0 Å². The van der Waals surface area contributed by atoms with E-state index in [0.717, 1.165) is 23.9 Å². The molecule has 1 N–H and O–H groups in total. The number of benzene rings is 1. The Hall–Kier alpha value is -3.05. The number of carbonyl (C=O) groups is 1. The van der Waals surface area contributed by atoms with Crippen LogP contribution in [0.25, 0.3) is 11.0 Å². The van der Waals surface area contributed by atoms with Crippen molar-refractivity contribution >= 4 is 27.0 Å². The predicted octanol–water partition coefficient (Wildman–Crippen LogP) is 1.91. The molecule has 1 fully saturated rings. The average Bonchev–Trinajstić information content (AvgIpc) is 3.22. The summed E-state index contributed by atoms with van der Waals surface area (Å²) >= 11 is 0. The summed E-state index contributed by atoms with van der Waals surface area (Å²) in [6.07, 6.45) is 5.39. The van der Waals surface area contributed by atoms with Crippen molar-refractivity contribution < 1.29 is 13.2 Å². The van der Waals surface area contributed by atoms with Crippen molar-refractivity contribution in [2.45, 2.75) is 50.5 Å². The molecule has 4 rings (SSSR count). The number of hydrogen-bond acceptors (Lipinski definition) is 6. The molecule has 10 nitrogen and oxygen atoms in total. The van der Waals surface area contributed by atoms with E-state index in [4.69, 9.17) is 0 Å². The zero-order chi connectivity index (χ0) is 23.1. The number of nitrogens with one attached hydrogen (secondary N) is 1. The molecule has 1 aliphatic rings. The molecule has 11 heteroatoms. The van der Waals surface area contributed by atoms with Crippen LogP contribution in [0.5, 0.6) is 0 Å². The highest BCUT2D eigenvalue weighted by Crippen LogP contribution is 2.21. The molecule has 2 aromatic heterocycles. The first-order valence-corrected chi connectivity index (χ1v) is 11.9. The summed E-state index contributed by atoms with van der Waals surface area (Å²) in [6, 6.07) is 5.69. The molecule has 1 saturated heterocycles. The zero-order valence-corrected chi connectivity index (χ0v) is 19.1. The molecule has 32 heavy (non-hydrogen) atoms.